The van der Waals surface area contributed by atoms with Crippen LogP contribution in [0.25, 0.3) is 34.7 Å². The van der Waals surface area contributed by atoms with Crippen LogP contribution in [0.15, 0.2) is 28.0 Å². The van der Waals surface area contributed by atoms with E-state index in [0.717, 1.165) is 16.1 Å². The van der Waals surface area contributed by atoms with Crippen molar-refractivity contribution in [3.05, 3.63) is 66.4 Å². The first-order chi connectivity index (χ1) is 22.9. The van der Waals surface area contributed by atoms with E-state index in [0.29, 0.717) is 11.4 Å². The van der Waals surface area contributed by atoms with Crippen LogP contribution in [0.1, 0.15) is 56.5 Å². The molecule has 0 aromatic carbocycles. The number of aliphatic hydroxyl groups excluding tert-OH is 1. The fourth-order valence-electron chi connectivity index (χ4n) is 6.53. The van der Waals surface area contributed by atoms with E-state index in [-0.39, 0.29) is 54.2 Å². The number of nitrogens with two attached hydrogens (primary N) is 1. The number of anilines is 1. The van der Waals surface area contributed by atoms with Crippen LogP contribution in [0, 0.1) is 0 Å². The lowest BCUT2D eigenvalue weighted by Crippen LogP contribution is -2.46. The minimum absolute atomic E-state index is 0.00288. The van der Waals surface area contributed by atoms with Crippen molar-refractivity contribution >= 4 is 43.1 Å². The summed E-state index contributed by atoms with van der Waals surface area (Å²) >= 11 is 0. The topological polar surface area (TPSA) is 236 Å². The number of hydrogen-bond acceptors (Lipinski definition) is 13. The minimum atomic E-state index is -5.09. The predicted octanol–water partition coefficient (Wildman–Crippen LogP) is 0.0323. The predicted molar refractivity (Wildman–Crippen MR) is 168 cm³/mol. The molecular formula is C30H32N7O10P. The number of aliphatic hydroxyl groups is 1. The van der Waals surface area contributed by atoms with E-state index in [1.165, 1.54) is 15.5 Å². The smallest absolute Gasteiger partial charge is 0.458 e. The number of carbonyl (C=O) groups excluding carboxylic acids is 1. The summed E-state index contributed by atoms with van der Waals surface area (Å²) in [6.45, 7) is 4.59. The molecule has 0 saturated carbocycles. The molecule has 5 atom stereocenters. The molecule has 1 saturated heterocycles. The van der Waals surface area contributed by atoms with Crippen molar-refractivity contribution in [2.75, 3.05) is 12.3 Å². The molecule has 0 spiro atoms. The second kappa shape index (κ2) is 11.6. The number of esters is 1. The largest absolute Gasteiger partial charge is 0.473 e. The summed E-state index contributed by atoms with van der Waals surface area (Å²) in [4.78, 5) is 65.5. The fraction of sp³-hybridized carbons (Fsp3) is 0.400. The molecule has 3 aliphatic heterocycles. The minimum Gasteiger partial charge on any atom is -0.458 e. The molecule has 5 unspecified atom stereocenters. The third-order valence-electron chi connectivity index (χ3n) is 8.97. The molecule has 3 aliphatic rings. The quantitative estimate of drug-likeness (QED) is 0.131. The van der Waals surface area contributed by atoms with Crippen molar-refractivity contribution in [3.63, 3.8) is 0 Å². The summed E-state index contributed by atoms with van der Waals surface area (Å²) in [5.74, 6) is -1.10. The second-order valence-corrected chi connectivity index (χ2v) is 13.1. The fourth-order valence-corrected chi connectivity index (χ4v) is 7.62. The Kier molecular flexibility index (Phi) is 7.73. The first-order valence-corrected chi connectivity index (χ1v) is 16.7. The van der Waals surface area contributed by atoms with Crippen LogP contribution in [0.2, 0.25) is 0 Å². The van der Waals surface area contributed by atoms with Crippen molar-refractivity contribution in [2.45, 2.75) is 70.8 Å². The van der Waals surface area contributed by atoms with Crippen LogP contribution in [0.4, 0.5) is 5.95 Å². The van der Waals surface area contributed by atoms with Crippen molar-refractivity contribution in [2.24, 2.45) is 0 Å². The summed E-state index contributed by atoms with van der Waals surface area (Å²) in [6.07, 6.45) is 1.75. The first-order valence-electron chi connectivity index (χ1n) is 15.2. The highest BCUT2D eigenvalue weighted by atomic mass is 31.2. The molecule has 252 valence electrons. The van der Waals surface area contributed by atoms with E-state index in [2.05, 4.69) is 15.0 Å². The number of aromatic nitrogens is 6. The maximum Gasteiger partial charge on any atom is 0.473 e. The zero-order chi connectivity index (χ0) is 34.1. The molecule has 5 N–H and O–H groups in total. The molecule has 0 amide bonds. The molecular weight excluding hydrogens is 649 g/mol. The molecule has 0 bridgehead atoms. The van der Waals surface area contributed by atoms with Gasteiger partial charge in [0.2, 0.25) is 11.5 Å². The molecule has 0 aliphatic carbocycles. The summed E-state index contributed by atoms with van der Waals surface area (Å²) in [5, 5.41) is 12.3. The molecule has 4 aromatic heterocycles. The number of nitrogens with zero attached hydrogens (tertiary/aromatic N) is 5. The van der Waals surface area contributed by atoms with Gasteiger partial charge in [-0.3, -0.25) is 28.2 Å². The maximum absolute atomic E-state index is 13.8. The van der Waals surface area contributed by atoms with Gasteiger partial charge in [0, 0.05) is 17.5 Å². The van der Waals surface area contributed by atoms with E-state index >= 15 is 0 Å². The summed E-state index contributed by atoms with van der Waals surface area (Å²) in [7, 11) is -5.09. The number of carbonyl (C=O) groups is 1. The summed E-state index contributed by atoms with van der Waals surface area (Å²) in [5.41, 5.74) is 4.63. The third-order valence-corrected chi connectivity index (χ3v) is 9.98. The number of fused-ring (bicyclic) bond motifs is 5. The second-order valence-electron chi connectivity index (χ2n) is 11.7. The number of cyclic esters (lactones) is 1. The molecule has 48 heavy (non-hydrogen) atoms. The molecule has 17 nitrogen and oxygen atoms in total. The summed E-state index contributed by atoms with van der Waals surface area (Å²) in [6, 6.07) is 3.54. The maximum atomic E-state index is 13.8. The van der Waals surface area contributed by atoms with Crippen molar-refractivity contribution in [3.8, 4) is 11.4 Å². The van der Waals surface area contributed by atoms with Crippen LogP contribution < -0.4 is 27.4 Å². The number of aromatic amines is 1. The summed E-state index contributed by atoms with van der Waals surface area (Å²) < 4.78 is 38.6. The molecule has 7 rings (SSSR count). The van der Waals surface area contributed by atoms with Gasteiger partial charge in [-0.1, -0.05) is 19.1 Å². The SMILES string of the molecule is CC=c1cc2c(nc1=CC)-c1cc3c(c(=O)n1C2)COC(=O)C3(CC)OP(=O)(O)OCC1OC(n2cnc3c(=O)[nH]c(N)nc32)CC1O. The molecule has 1 fully saturated rings. The van der Waals surface area contributed by atoms with Gasteiger partial charge < -0.3 is 29.8 Å². The lowest BCUT2D eigenvalue weighted by molar-refractivity contribution is -0.171. The zero-order valence-electron chi connectivity index (χ0n) is 26.1. The normalized spacial score (nSPS) is 25.2. The number of imidazole rings is 1. The van der Waals surface area contributed by atoms with Crippen molar-refractivity contribution < 1.29 is 37.9 Å². The van der Waals surface area contributed by atoms with Gasteiger partial charge in [-0.15, -0.1) is 0 Å². The van der Waals surface area contributed by atoms with Crippen molar-refractivity contribution in [1.82, 2.24) is 29.1 Å². The molecule has 18 heteroatoms. The van der Waals surface area contributed by atoms with Crippen LogP contribution in [-0.4, -0.2) is 63.9 Å². The lowest BCUT2D eigenvalue weighted by Gasteiger charge is -2.36. The van der Waals surface area contributed by atoms with E-state index in [9.17, 15) is 28.9 Å². The monoisotopic (exact) mass is 681 g/mol. The van der Waals surface area contributed by atoms with Crippen LogP contribution in [0.5, 0.6) is 0 Å². The number of ether oxygens (including phenoxy) is 2. The van der Waals surface area contributed by atoms with Gasteiger partial charge in [0.25, 0.3) is 11.1 Å². The zero-order valence-corrected chi connectivity index (χ0v) is 27.0. The van der Waals surface area contributed by atoms with E-state index in [4.69, 9.17) is 29.2 Å². The lowest BCUT2D eigenvalue weighted by atomic mass is 9.86. The highest BCUT2D eigenvalue weighted by Gasteiger charge is 2.53. The number of nitrogens with one attached hydrogen (secondary N) is 1. The Morgan fingerprint density at radius 3 is 2.75 bits per heavy atom. The number of rotatable bonds is 7. The number of phosphoric ester groups is 1. The first kappa shape index (κ1) is 32.1. The number of phosphoric acid groups is 1. The molecule has 7 heterocycles. The van der Waals surface area contributed by atoms with Crippen LogP contribution >= 0.6 is 7.82 Å². The number of pyridine rings is 2. The Morgan fingerprint density at radius 1 is 1.23 bits per heavy atom. The number of hydrogen-bond donors (Lipinski definition) is 4. The van der Waals surface area contributed by atoms with Gasteiger partial charge in [0.15, 0.2) is 11.2 Å². The van der Waals surface area contributed by atoms with Gasteiger partial charge >= 0.3 is 13.8 Å². The standard InChI is InChI=1S/C30H32N7O10P/c1-4-14-7-15-10-36-19(23(15)33-18(14)5-2)8-17-16(27(36)40)11-44-28(41)30(17,6-3)47-48(42,43)45-12-21-20(38)9-22(46-21)37-13-32-24-25(37)34-29(31)35-26(24)39/h4-5,7-8,13,20-22,38H,6,9-12H2,1-3H3,(H,42,43)(H3,31,34,35,39). The van der Waals surface area contributed by atoms with Gasteiger partial charge in [-0.2, -0.15) is 4.98 Å². The van der Waals surface area contributed by atoms with E-state index in [1.807, 2.05) is 32.1 Å². The Morgan fingerprint density at radius 2 is 2.02 bits per heavy atom. The average Bonchev–Trinajstić information content (AvgIpc) is 3.75. The molecule has 4 aromatic rings. The van der Waals surface area contributed by atoms with Crippen LogP contribution in [0.3, 0.4) is 0 Å². The Balaban J connectivity index is 1.16. The number of H-pyrrole nitrogens is 1. The Hall–Kier alpha value is -4.51. The van der Waals surface area contributed by atoms with Crippen molar-refractivity contribution in [1.29, 1.82) is 0 Å². The van der Waals surface area contributed by atoms with Gasteiger partial charge in [-0.05, 0) is 37.6 Å². The van der Waals surface area contributed by atoms with Crippen LogP contribution in [-0.2, 0) is 46.6 Å². The number of nitrogen functional groups attached to an aromatic ring is 1. The van der Waals surface area contributed by atoms with E-state index < -0.39 is 55.6 Å². The highest BCUT2D eigenvalue weighted by molar-refractivity contribution is 7.47. The van der Waals surface area contributed by atoms with Gasteiger partial charge in [0.05, 0.1) is 47.9 Å². The van der Waals surface area contributed by atoms with Gasteiger partial charge in [0.1, 0.15) is 18.9 Å². The Bertz CT molecular complexity index is 2300. The Labute approximate surface area is 270 Å². The van der Waals surface area contributed by atoms with E-state index in [1.54, 1.807) is 13.0 Å². The van der Waals surface area contributed by atoms with Gasteiger partial charge in [-0.25, -0.2) is 19.3 Å². The third kappa shape index (κ3) is 5.01. The highest BCUT2D eigenvalue weighted by Crippen LogP contribution is 2.54. The molecule has 0 radical (unpaired) electrons. The average molecular weight is 682 g/mol.